The third-order valence-corrected chi connectivity index (χ3v) is 1.92. The van der Waals surface area contributed by atoms with Crippen LogP contribution in [0.3, 0.4) is 0 Å². The zero-order chi connectivity index (χ0) is 12.1. The number of anilines is 2. The highest BCUT2D eigenvalue weighted by molar-refractivity contribution is 5.79. The molecule has 0 aliphatic heterocycles. The summed E-state index contributed by atoms with van der Waals surface area (Å²) in [4.78, 5) is 20.6. The van der Waals surface area contributed by atoms with Crippen molar-refractivity contribution in [1.29, 1.82) is 0 Å². The molecule has 0 unspecified atom stereocenters. The molecule has 0 atom stereocenters. The van der Waals surface area contributed by atoms with Gasteiger partial charge < -0.3 is 16.4 Å². The molecule has 6 nitrogen and oxygen atoms in total. The molecule has 0 aliphatic rings. The average molecular weight is 223 g/mol. The topological polar surface area (TPSA) is 98.1 Å². The Labute approximate surface area is 94.7 Å². The van der Waals surface area contributed by atoms with Crippen molar-refractivity contribution < 1.29 is 4.79 Å². The SMILES string of the molecule is CC(C)CN(CC(N)=O)c1ccnc(N)n1. The Morgan fingerprint density at radius 3 is 2.75 bits per heavy atom. The first kappa shape index (κ1) is 12.2. The lowest BCUT2D eigenvalue weighted by atomic mass is 10.2. The van der Waals surface area contributed by atoms with Crippen LogP contribution in [0.1, 0.15) is 13.8 Å². The van der Waals surface area contributed by atoms with Gasteiger partial charge >= 0.3 is 0 Å². The minimum absolute atomic E-state index is 0.134. The summed E-state index contributed by atoms with van der Waals surface area (Å²) in [5, 5.41) is 0. The Balaban J connectivity index is 2.86. The van der Waals surface area contributed by atoms with Crippen molar-refractivity contribution in [2.24, 2.45) is 11.7 Å². The molecule has 0 aliphatic carbocycles. The number of nitrogens with two attached hydrogens (primary N) is 2. The maximum Gasteiger partial charge on any atom is 0.236 e. The number of nitrogens with zero attached hydrogens (tertiary/aromatic N) is 3. The van der Waals surface area contributed by atoms with Gasteiger partial charge in [0, 0.05) is 12.7 Å². The zero-order valence-corrected chi connectivity index (χ0v) is 9.55. The van der Waals surface area contributed by atoms with Gasteiger partial charge in [0.25, 0.3) is 0 Å². The smallest absolute Gasteiger partial charge is 0.236 e. The summed E-state index contributed by atoms with van der Waals surface area (Å²) in [6.45, 7) is 4.94. The molecule has 0 radical (unpaired) electrons. The lowest BCUT2D eigenvalue weighted by Crippen LogP contribution is -2.36. The third kappa shape index (κ3) is 3.72. The number of carbonyl (C=O) groups is 1. The molecule has 0 spiro atoms. The Morgan fingerprint density at radius 1 is 1.56 bits per heavy atom. The van der Waals surface area contributed by atoms with E-state index in [0.717, 1.165) is 0 Å². The van der Waals surface area contributed by atoms with Crippen molar-refractivity contribution in [3.8, 4) is 0 Å². The van der Waals surface area contributed by atoms with Gasteiger partial charge in [-0.3, -0.25) is 4.79 Å². The van der Waals surface area contributed by atoms with Gasteiger partial charge in [-0.25, -0.2) is 4.98 Å². The minimum atomic E-state index is -0.391. The molecule has 0 fully saturated rings. The molecule has 0 saturated carbocycles. The van der Waals surface area contributed by atoms with E-state index in [9.17, 15) is 4.79 Å². The summed E-state index contributed by atoms with van der Waals surface area (Å²) in [5.41, 5.74) is 10.7. The molecule has 0 aromatic carbocycles. The fourth-order valence-corrected chi connectivity index (χ4v) is 1.41. The van der Waals surface area contributed by atoms with Crippen LogP contribution in [0.25, 0.3) is 0 Å². The van der Waals surface area contributed by atoms with Crippen LogP contribution < -0.4 is 16.4 Å². The standard InChI is InChI=1S/C10H17N5O/c1-7(2)5-15(6-8(11)16)9-3-4-13-10(12)14-9/h3-4,7H,5-6H2,1-2H3,(H2,11,16)(H2,12,13,14). The number of hydrogen-bond donors (Lipinski definition) is 2. The zero-order valence-electron chi connectivity index (χ0n) is 9.55. The number of nitrogen functional groups attached to an aromatic ring is 1. The number of primary amides is 1. The van der Waals surface area contributed by atoms with E-state index in [1.807, 2.05) is 0 Å². The summed E-state index contributed by atoms with van der Waals surface area (Å²) in [7, 11) is 0. The van der Waals surface area contributed by atoms with Crippen molar-refractivity contribution in [2.45, 2.75) is 13.8 Å². The summed E-state index contributed by atoms with van der Waals surface area (Å²) < 4.78 is 0. The number of rotatable bonds is 5. The second-order valence-corrected chi connectivity index (χ2v) is 4.01. The molecule has 1 aromatic rings. The molecule has 1 aromatic heterocycles. The maximum absolute atomic E-state index is 11.0. The maximum atomic E-state index is 11.0. The van der Waals surface area contributed by atoms with Gasteiger partial charge in [0.2, 0.25) is 11.9 Å². The van der Waals surface area contributed by atoms with Gasteiger partial charge in [-0.2, -0.15) is 4.98 Å². The molecule has 0 bridgehead atoms. The first-order valence-corrected chi connectivity index (χ1v) is 5.11. The number of carbonyl (C=O) groups excluding carboxylic acids is 1. The van der Waals surface area contributed by atoms with E-state index in [1.165, 1.54) is 0 Å². The summed E-state index contributed by atoms with van der Waals surface area (Å²) in [6.07, 6.45) is 1.56. The molecule has 16 heavy (non-hydrogen) atoms. The van der Waals surface area contributed by atoms with Crippen molar-refractivity contribution in [3.63, 3.8) is 0 Å². The van der Waals surface area contributed by atoms with Gasteiger partial charge in [0.1, 0.15) is 5.82 Å². The number of amides is 1. The number of hydrogen-bond acceptors (Lipinski definition) is 5. The molecule has 6 heteroatoms. The normalized spacial score (nSPS) is 10.4. The highest BCUT2D eigenvalue weighted by Crippen LogP contribution is 2.12. The Kier molecular flexibility index (Phi) is 4.04. The van der Waals surface area contributed by atoms with E-state index < -0.39 is 5.91 Å². The van der Waals surface area contributed by atoms with Crippen LogP contribution in [-0.4, -0.2) is 29.0 Å². The van der Waals surface area contributed by atoms with Gasteiger partial charge in [-0.15, -0.1) is 0 Å². The van der Waals surface area contributed by atoms with Crippen LogP contribution in [0, 0.1) is 5.92 Å². The van der Waals surface area contributed by atoms with E-state index in [4.69, 9.17) is 11.5 Å². The Bertz CT molecular complexity index is 366. The largest absolute Gasteiger partial charge is 0.368 e. The highest BCUT2D eigenvalue weighted by atomic mass is 16.1. The van der Waals surface area contributed by atoms with Crippen LogP contribution in [0.4, 0.5) is 11.8 Å². The predicted octanol–water partition coefficient (Wildman–Crippen LogP) is 0.00650. The van der Waals surface area contributed by atoms with Crippen molar-refractivity contribution in [2.75, 3.05) is 23.7 Å². The first-order valence-electron chi connectivity index (χ1n) is 5.11. The van der Waals surface area contributed by atoms with Gasteiger partial charge in [0.15, 0.2) is 0 Å². The summed E-state index contributed by atoms with van der Waals surface area (Å²) in [5.74, 6) is 0.823. The quantitative estimate of drug-likeness (QED) is 0.732. The molecular weight excluding hydrogens is 206 g/mol. The molecule has 1 rings (SSSR count). The lowest BCUT2D eigenvalue weighted by Gasteiger charge is -2.23. The van der Waals surface area contributed by atoms with Crippen LogP contribution in [0.15, 0.2) is 12.3 Å². The van der Waals surface area contributed by atoms with E-state index in [1.54, 1.807) is 17.2 Å². The van der Waals surface area contributed by atoms with Crippen LogP contribution in [-0.2, 0) is 4.79 Å². The van der Waals surface area contributed by atoms with Gasteiger partial charge in [-0.05, 0) is 12.0 Å². The fraction of sp³-hybridized carbons (Fsp3) is 0.500. The fourth-order valence-electron chi connectivity index (χ4n) is 1.41. The molecule has 1 heterocycles. The number of aromatic nitrogens is 2. The highest BCUT2D eigenvalue weighted by Gasteiger charge is 2.12. The third-order valence-electron chi connectivity index (χ3n) is 1.92. The molecule has 4 N–H and O–H groups in total. The minimum Gasteiger partial charge on any atom is -0.368 e. The monoisotopic (exact) mass is 223 g/mol. The van der Waals surface area contributed by atoms with Crippen molar-refractivity contribution in [1.82, 2.24) is 9.97 Å². The predicted molar refractivity (Wildman–Crippen MR) is 62.7 cm³/mol. The molecule has 88 valence electrons. The molecule has 0 saturated heterocycles. The first-order chi connectivity index (χ1) is 7.49. The average Bonchev–Trinajstić information content (AvgIpc) is 2.15. The van der Waals surface area contributed by atoms with Crippen LogP contribution in [0.2, 0.25) is 0 Å². The van der Waals surface area contributed by atoms with Crippen molar-refractivity contribution in [3.05, 3.63) is 12.3 Å². The van der Waals surface area contributed by atoms with Crippen molar-refractivity contribution >= 4 is 17.7 Å². The second-order valence-electron chi connectivity index (χ2n) is 4.01. The van der Waals surface area contributed by atoms with Gasteiger partial charge in [0.05, 0.1) is 6.54 Å². The van der Waals surface area contributed by atoms with Crippen LogP contribution in [0.5, 0.6) is 0 Å². The van der Waals surface area contributed by atoms with E-state index in [0.29, 0.717) is 18.3 Å². The lowest BCUT2D eigenvalue weighted by molar-refractivity contribution is -0.116. The summed E-state index contributed by atoms with van der Waals surface area (Å²) in [6, 6.07) is 1.71. The van der Waals surface area contributed by atoms with Crippen LogP contribution >= 0.6 is 0 Å². The molecule has 1 amide bonds. The Morgan fingerprint density at radius 2 is 2.25 bits per heavy atom. The van der Waals surface area contributed by atoms with E-state index in [-0.39, 0.29) is 12.5 Å². The molecular formula is C10H17N5O. The van der Waals surface area contributed by atoms with E-state index >= 15 is 0 Å². The summed E-state index contributed by atoms with van der Waals surface area (Å²) >= 11 is 0. The van der Waals surface area contributed by atoms with Gasteiger partial charge in [-0.1, -0.05) is 13.8 Å². The Hall–Kier alpha value is -1.85. The second kappa shape index (κ2) is 5.29. The van der Waals surface area contributed by atoms with E-state index in [2.05, 4.69) is 23.8 Å².